The standard InChI is InChI=1S/C27H22N6O6/c34-26-11-1-18(14-20(26)16-28-30-22-3-7-24(8-4-22)32(36)37)13-19-2-12-27(35)21(15-19)17-29-31-23-5-9-25(10-6-23)33(38)39/h1-12,14-15,34-35H,13,16-17H2. The Morgan fingerprint density at radius 3 is 1.33 bits per heavy atom. The Balaban J connectivity index is 1.40. The van der Waals surface area contributed by atoms with Crippen LogP contribution in [0, 0.1) is 20.2 Å². The lowest BCUT2D eigenvalue weighted by Crippen LogP contribution is -1.93. The smallest absolute Gasteiger partial charge is 0.269 e. The summed E-state index contributed by atoms with van der Waals surface area (Å²) < 4.78 is 0. The molecular formula is C27H22N6O6. The van der Waals surface area contributed by atoms with E-state index in [4.69, 9.17) is 0 Å². The molecule has 0 saturated carbocycles. The highest BCUT2D eigenvalue weighted by Crippen LogP contribution is 2.26. The van der Waals surface area contributed by atoms with Gasteiger partial charge in [0.15, 0.2) is 0 Å². The molecule has 4 aromatic rings. The van der Waals surface area contributed by atoms with Crippen molar-refractivity contribution in [3.8, 4) is 11.5 Å². The average Bonchev–Trinajstić information content (AvgIpc) is 2.92. The van der Waals surface area contributed by atoms with Crippen molar-refractivity contribution in [2.45, 2.75) is 19.5 Å². The van der Waals surface area contributed by atoms with Crippen LogP contribution in [0.25, 0.3) is 0 Å². The fourth-order valence-electron chi connectivity index (χ4n) is 3.66. The largest absolute Gasteiger partial charge is 0.508 e. The Morgan fingerprint density at radius 1 is 0.590 bits per heavy atom. The van der Waals surface area contributed by atoms with Gasteiger partial charge in [-0.15, -0.1) is 0 Å². The lowest BCUT2D eigenvalue weighted by Gasteiger charge is -2.08. The molecule has 0 heterocycles. The molecule has 0 fully saturated rings. The predicted octanol–water partition coefficient (Wildman–Crippen LogP) is 7.07. The molecule has 0 amide bonds. The molecule has 0 spiro atoms. The van der Waals surface area contributed by atoms with Crippen LogP contribution in [-0.4, -0.2) is 20.1 Å². The number of nitro benzene ring substituents is 2. The van der Waals surface area contributed by atoms with Gasteiger partial charge in [0.2, 0.25) is 0 Å². The Kier molecular flexibility index (Phi) is 8.27. The molecule has 0 saturated heterocycles. The second-order valence-electron chi connectivity index (χ2n) is 8.45. The summed E-state index contributed by atoms with van der Waals surface area (Å²) in [5.74, 6) is 0.138. The van der Waals surface area contributed by atoms with E-state index in [1.165, 1.54) is 48.5 Å². The SMILES string of the molecule is O=[N+]([O-])c1ccc(N=NCc2cc(Cc3ccc(O)c(CN=Nc4ccc([N+](=O)[O-])cc4)c3)ccc2O)cc1. The monoisotopic (exact) mass is 526 g/mol. The molecular weight excluding hydrogens is 504 g/mol. The first kappa shape index (κ1) is 26.5. The highest BCUT2D eigenvalue weighted by Gasteiger charge is 2.08. The summed E-state index contributed by atoms with van der Waals surface area (Å²) in [6.07, 6.45) is 0.513. The van der Waals surface area contributed by atoms with E-state index in [9.17, 15) is 30.4 Å². The fourth-order valence-corrected chi connectivity index (χ4v) is 3.66. The van der Waals surface area contributed by atoms with Gasteiger partial charge in [-0.05, 0) is 66.1 Å². The molecule has 4 aromatic carbocycles. The summed E-state index contributed by atoms with van der Waals surface area (Å²) >= 11 is 0. The summed E-state index contributed by atoms with van der Waals surface area (Å²) in [6, 6.07) is 21.7. The Bertz CT molecular complexity index is 1440. The van der Waals surface area contributed by atoms with E-state index in [0.717, 1.165) is 11.1 Å². The summed E-state index contributed by atoms with van der Waals surface area (Å²) in [6.45, 7) is 0.223. The number of non-ortho nitro benzene ring substituents is 2. The fraction of sp³-hybridized carbons (Fsp3) is 0.111. The molecule has 4 rings (SSSR count). The molecule has 0 aromatic heterocycles. The predicted molar refractivity (Wildman–Crippen MR) is 142 cm³/mol. The van der Waals surface area contributed by atoms with Gasteiger partial charge in [-0.2, -0.15) is 20.5 Å². The molecule has 12 nitrogen and oxygen atoms in total. The molecule has 0 atom stereocenters. The van der Waals surface area contributed by atoms with Crippen LogP contribution in [0.15, 0.2) is 105 Å². The number of benzene rings is 4. The van der Waals surface area contributed by atoms with Crippen LogP contribution in [0.1, 0.15) is 22.3 Å². The number of hydrogen-bond donors (Lipinski definition) is 2. The van der Waals surface area contributed by atoms with Crippen LogP contribution in [0.4, 0.5) is 22.7 Å². The first-order valence-electron chi connectivity index (χ1n) is 11.6. The third-order valence-electron chi connectivity index (χ3n) is 5.67. The van der Waals surface area contributed by atoms with Crippen LogP contribution in [-0.2, 0) is 19.5 Å². The second-order valence-corrected chi connectivity index (χ2v) is 8.45. The van der Waals surface area contributed by atoms with Crippen molar-refractivity contribution in [3.05, 3.63) is 127 Å². The molecule has 196 valence electrons. The third kappa shape index (κ3) is 7.26. The molecule has 0 aliphatic heterocycles. The molecule has 39 heavy (non-hydrogen) atoms. The number of rotatable bonds is 10. The maximum absolute atomic E-state index is 10.8. The number of azo groups is 2. The van der Waals surface area contributed by atoms with Gasteiger partial charge >= 0.3 is 0 Å². The first-order chi connectivity index (χ1) is 18.8. The van der Waals surface area contributed by atoms with Gasteiger partial charge in [0.1, 0.15) is 11.5 Å². The maximum Gasteiger partial charge on any atom is 0.269 e. The number of aromatic hydroxyl groups is 2. The minimum Gasteiger partial charge on any atom is -0.508 e. The molecule has 0 bridgehead atoms. The minimum atomic E-state index is -0.493. The first-order valence-corrected chi connectivity index (χ1v) is 11.6. The van der Waals surface area contributed by atoms with Crippen LogP contribution >= 0.6 is 0 Å². The highest BCUT2D eigenvalue weighted by molar-refractivity contribution is 5.45. The normalized spacial score (nSPS) is 11.3. The van der Waals surface area contributed by atoms with Crippen molar-refractivity contribution in [1.29, 1.82) is 0 Å². The van der Waals surface area contributed by atoms with Crippen LogP contribution < -0.4 is 0 Å². The number of phenolic OH excluding ortho intramolecular Hbond substituents is 2. The third-order valence-corrected chi connectivity index (χ3v) is 5.67. The van der Waals surface area contributed by atoms with Crippen LogP contribution in [0.3, 0.4) is 0 Å². The molecule has 0 aliphatic rings. The van der Waals surface area contributed by atoms with Crippen molar-refractivity contribution in [3.63, 3.8) is 0 Å². The van der Waals surface area contributed by atoms with Crippen molar-refractivity contribution >= 4 is 22.7 Å². The average molecular weight is 527 g/mol. The zero-order valence-electron chi connectivity index (χ0n) is 20.4. The van der Waals surface area contributed by atoms with Gasteiger partial charge in [-0.25, -0.2) is 0 Å². The lowest BCUT2D eigenvalue weighted by atomic mass is 10.00. The van der Waals surface area contributed by atoms with Crippen molar-refractivity contribution in [2.75, 3.05) is 0 Å². The van der Waals surface area contributed by atoms with Gasteiger partial charge in [0, 0.05) is 35.4 Å². The van der Waals surface area contributed by atoms with Crippen LogP contribution in [0.2, 0.25) is 0 Å². The van der Waals surface area contributed by atoms with Gasteiger partial charge in [-0.3, -0.25) is 20.2 Å². The van der Waals surface area contributed by atoms with Crippen molar-refractivity contribution in [2.24, 2.45) is 20.5 Å². The summed E-state index contributed by atoms with van der Waals surface area (Å²) in [5.41, 5.74) is 3.77. The van der Waals surface area contributed by atoms with Crippen molar-refractivity contribution < 1.29 is 20.1 Å². The van der Waals surface area contributed by atoms with Gasteiger partial charge in [0.25, 0.3) is 11.4 Å². The number of phenols is 2. The van der Waals surface area contributed by atoms with E-state index < -0.39 is 9.85 Å². The zero-order chi connectivity index (χ0) is 27.8. The van der Waals surface area contributed by atoms with E-state index in [2.05, 4.69) is 20.5 Å². The molecule has 12 heteroatoms. The number of nitro groups is 2. The topological polar surface area (TPSA) is 176 Å². The molecule has 0 unspecified atom stereocenters. The zero-order valence-corrected chi connectivity index (χ0v) is 20.4. The van der Waals surface area contributed by atoms with E-state index in [-0.39, 0.29) is 36.0 Å². The van der Waals surface area contributed by atoms with Crippen molar-refractivity contribution in [1.82, 2.24) is 0 Å². The molecule has 0 aliphatic carbocycles. The molecule has 0 radical (unpaired) electrons. The minimum absolute atomic E-state index is 0.0377. The number of hydrogen-bond acceptors (Lipinski definition) is 10. The van der Waals surface area contributed by atoms with E-state index in [1.807, 2.05) is 12.1 Å². The molecule has 2 N–H and O–H groups in total. The summed E-state index contributed by atoms with van der Waals surface area (Å²) in [7, 11) is 0. The van der Waals surface area contributed by atoms with Gasteiger partial charge in [-0.1, -0.05) is 12.1 Å². The Hall–Kier alpha value is -5.52. The quantitative estimate of drug-likeness (QED) is 0.127. The lowest BCUT2D eigenvalue weighted by molar-refractivity contribution is -0.385. The Morgan fingerprint density at radius 2 is 0.974 bits per heavy atom. The van der Waals surface area contributed by atoms with Crippen LogP contribution in [0.5, 0.6) is 11.5 Å². The second kappa shape index (κ2) is 12.1. The summed E-state index contributed by atoms with van der Waals surface area (Å²) in [5, 5.41) is 58.3. The van der Waals surface area contributed by atoms with E-state index >= 15 is 0 Å². The maximum atomic E-state index is 10.8. The number of nitrogens with zero attached hydrogens (tertiary/aromatic N) is 6. The van der Waals surface area contributed by atoms with E-state index in [0.29, 0.717) is 28.9 Å². The highest BCUT2D eigenvalue weighted by atomic mass is 16.6. The van der Waals surface area contributed by atoms with Gasteiger partial charge < -0.3 is 10.2 Å². The van der Waals surface area contributed by atoms with Gasteiger partial charge in [0.05, 0.1) is 34.3 Å². The Labute approximate surface area is 221 Å². The van der Waals surface area contributed by atoms with E-state index in [1.54, 1.807) is 24.3 Å². The summed E-state index contributed by atoms with van der Waals surface area (Å²) in [4.78, 5) is 20.5.